The first-order valence-corrected chi connectivity index (χ1v) is 16.8. The first kappa shape index (κ1) is 34.1. The molecule has 0 radical (unpaired) electrons. The Morgan fingerprint density at radius 3 is 2.02 bits per heavy atom. The minimum Gasteiger partial charge on any atom is -0.389 e. The Labute approximate surface area is 271 Å². The van der Waals surface area contributed by atoms with Gasteiger partial charge in [-0.05, 0) is 61.2 Å². The van der Waals surface area contributed by atoms with Gasteiger partial charge in [-0.3, -0.25) is 18.9 Å². The van der Waals surface area contributed by atoms with Gasteiger partial charge in [0.2, 0.25) is 10.0 Å². The first-order valence-electron chi connectivity index (χ1n) is 14.9. The number of anilines is 2. The highest BCUT2D eigenvalue weighted by Gasteiger charge is 2.26. The van der Waals surface area contributed by atoms with Crippen molar-refractivity contribution in [2.45, 2.75) is 38.5 Å². The van der Waals surface area contributed by atoms with Gasteiger partial charge >= 0.3 is 0 Å². The smallest absolute Gasteiger partial charge is 0.251 e. The van der Waals surface area contributed by atoms with Crippen molar-refractivity contribution >= 4 is 33.2 Å². The molecule has 0 aliphatic carbocycles. The van der Waals surface area contributed by atoms with Crippen LogP contribution in [0.2, 0.25) is 0 Å². The molecule has 4 rings (SSSR count). The Bertz CT molecular complexity index is 1750. The molecular weight excluding hydrogens is 602 g/mol. The Kier molecular flexibility index (Phi) is 11.2. The van der Waals surface area contributed by atoms with Crippen LogP contribution in [0.5, 0.6) is 0 Å². The van der Waals surface area contributed by atoms with Gasteiger partial charge < -0.3 is 20.6 Å². The van der Waals surface area contributed by atoms with Gasteiger partial charge in [-0.15, -0.1) is 0 Å². The van der Waals surface area contributed by atoms with E-state index < -0.39 is 34.0 Å². The predicted octanol–water partition coefficient (Wildman–Crippen LogP) is 4.12. The van der Waals surface area contributed by atoms with Crippen LogP contribution in [-0.4, -0.2) is 69.4 Å². The quantitative estimate of drug-likeness (QED) is 0.200. The molecule has 10 nitrogen and oxygen atoms in total. The van der Waals surface area contributed by atoms with E-state index in [9.17, 15) is 23.1 Å². The number of aryl methyl sites for hydroxylation is 1. The summed E-state index contributed by atoms with van der Waals surface area (Å²) in [4.78, 5) is 33.4. The number of rotatable bonds is 13. The zero-order valence-corrected chi connectivity index (χ0v) is 27.5. The maximum absolute atomic E-state index is 13.8. The SMILES string of the molecule is Cc1cncc(N(C)CC(O)C(Cc2ccccc2)NC(=O)c2cc(C(=O)NC(C)c3ccccc3)cc(N(C)S(C)(=O)=O)c2)c1. The number of aromatic nitrogens is 1. The number of benzene rings is 3. The van der Waals surface area contributed by atoms with E-state index in [1.165, 1.54) is 25.2 Å². The molecule has 0 saturated heterocycles. The van der Waals surface area contributed by atoms with E-state index >= 15 is 0 Å². The van der Waals surface area contributed by atoms with Gasteiger partial charge in [0, 0.05) is 38.0 Å². The minimum absolute atomic E-state index is 0.0759. The second-order valence-corrected chi connectivity index (χ2v) is 13.6. The maximum Gasteiger partial charge on any atom is 0.251 e. The molecule has 0 aliphatic heterocycles. The molecule has 0 fully saturated rings. The summed E-state index contributed by atoms with van der Waals surface area (Å²) in [6, 6.07) is 24.1. The van der Waals surface area contributed by atoms with E-state index in [-0.39, 0.29) is 29.4 Å². The topological polar surface area (TPSA) is 132 Å². The zero-order chi connectivity index (χ0) is 33.4. The van der Waals surface area contributed by atoms with Crippen LogP contribution in [-0.2, 0) is 16.4 Å². The highest BCUT2D eigenvalue weighted by atomic mass is 32.2. The average Bonchev–Trinajstić information content (AvgIpc) is 3.04. The summed E-state index contributed by atoms with van der Waals surface area (Å²) in [5.74, 6) is -1.03. The molecule has 3 unspecified atom stereocenters. The van der Waals surface area contributed by atoms with E-state index in [4.69, 9.17) is 0 Å². The lowest BCUT2D eigenvalue weighted by Crippen LogP contribution is -2.49. The van der Waals surface area contributed by atoms with Crippen molar-refractivity contribution in [3.63, 3.8) is 0 Å². The summed E-state index contributed by atoms with van der Waals surface area (Å²) >= 11 is 0. The second-order valence-electron chi connectivity index (χ2n) is 11.5. The van der Waals surface area contributed by atoms with Gasteiger partial charge in [0.25, 0.3) is 11.8 Å². The molecule has 0 bridgehead atoms. The number of likely N-dealkylation sites (N-methyl/N-ethyl adjacent to an activating group) is 1. The summed E-state index contributed by atoms with van der Waals surface area (Å²) < 4.78 is 25.9. The number of pyridine rings is 1. The van der Waals surface area contributed by atoms with Gasteiger partial charge in [-0.1, -0.05) is 60.7 Å². The van der Waals surface area contributed by atoms with Crippen molar-refractivity contribution in [2.24, 2.45) is 0 Å². The number of nitrogens with one attached hydrogen (secondary N) is 2. The Balaban J connectivity index is 1.64. The van der Waals surface area contributed by atoms with Crippen LogP contribution in [0.4, 0.5) is 11.4 Å². The number of nitrogens with zero attached hydrogens (tertiary/aromatic N) is 3. The molecule has 242 valence electrons. The van der Waals surface area contributed by atoms with E-state index in [2.05, 4.69) is 15.6 Å². The van der Waals surface area contributed by atoms with Crippen molar-refractivity contribution in [3.8, 4) is 0 Å². The molecule has 3 aromatic carbocycles. The summed E-state index contributed by atoms with van der Waals surface area (Å²) in [5, 5.41) is 17.3. The lowest BCUT2D eigenvalue weighted by Gasteiger charge is -2.29. The molecular formula is C35H41N5O5S. The molecule has 0 spiro atoms. The van der Waals surface area contributed by atoms with Crippen molar-refractivity contribution in [2.75, 3.05) is 36.1 Å². The Morgan fingerprint density at radius 1 is 0.848 bits per heavy atom. The fourth-order valence-corrected chi connectivity index (χ4v) is 5.50. The maximum atomic E-state index is 13.8. The fourth-order valence-electron chi connectivity index (χ4n) is 5.02. The number of carbonyl (C=O) groups is 2. The highest BCUT2D eigenvalue weighted by molar-refractivity contribution is 7.92. The number of aliphatic hydroxyl groups is 1. The van der Waals surface area contributed by atoms with Crippen LogP contribution in [0, 0.1) is 6.92 Å². The number of hydrogen-bond acceptors (Lipinski definition) is 7. The zero-order valence-electron chi connectivity index (χ0n) is 26.7. The van der Waals surface area contributed by atoms with Crippen molar-refractivity contribution in [1.29, 1.82) is 0 Å². The molecule has 4 aromatic rings. The molecule has 0 aliphatic rings. The third-order valence-electron chi connectivity index (χ3n) is 7.79. The van der Waals surface area contributed by atoms with Crippen LogP contribution in [0.25, 0.3) is 0 Å². The number of sulfonamides is 1. The summed E-state index contributed by atoms with van der Waals surface area (Å²) in [6.07, 6.45) is 3.84. The molecule has 1 heterocycles. The molecule has 3 N–H and O–H groups in total. The van der Waals surface area contributed by atoms with Crippen molar-refractivity contribution < 1.29 is 23.1 Å². The summed E-state index contributed by atoms with van der Waals surface area (Å²) in [6.45, 7) is 3.98. The molecule has 46 heavy (non-hydrogen) atoms. The molecule has 3 atom stereocenters. The average molecular weight is 644 g/mol. The lowest BCUT2D eigenvalue weighted by molar-refractivity contribution is 0.0843. The van der Waals surface area contributed by atoms with Crippen molar-refractivity contribution in [3.05, 3.63) is 125 Å². The molecule has 0 saturated carbocycles. The highest BCUT2D eigenvalue weighted by Crippen LogP contribution is 2.23. The van der Waals surface area contributed by atoms with Crippen molar-refractivity contribution in [1.82, 2.24) is 15.6 Å². The van der Waals surface area contributed by atoms with Gasteiger partial charge in [0.1, 0.15) is 0 Å². The van der Waals surface area contributed by atoms with E-state index in [0.29, 0.717) is 6.42 Å². The fraction of sp³-hybridized carbons (Fsp3) is 0.286. The Morgan fingerprint density at radius 2 is 1.43 bits per heavy atom. The van der Waals surface area contributed by atoms with Crippen LogP contribution in [0.1, 0.15) is 50.4 Å². The van der Waals surface area contributed by atoms with Crippen LogP contribution in [0.3, 0.4) is 0 Å². The van der Waals surface area contributed by atoms with E-state index in [1.54, 1.807) is 12.4 Å². The summed E-state index contributed by atoms with van der Waals surface area (Å²) in [7, 11) is -0.508. The minimum atomic E-state index is -3.71. The monoisotopic (exact) mass is 643 g/mol. The van der Waals surface area contributed by atoms with Gasteiger partial charge in [-0.2, -0.15) is 0 Å². The Hall–Kier alpha value is -4.74. The molecule has 1 aromatic heterocycles. The van der Waals surface area contributed by atoms with Crippen LogP contribution < -0.4 is 19.8 Å². The van der Waals surface area contributed by atoms with Crippen LogP contribution in [0.15, 0.2) is 97.3 Å². The largest absolute Gasteiger partial charge is 0.389 e. The lowest BCUT2D eigenvalue weighted by atomic mass is 9.99. The number of amides is 2. The first-order chi connectivity index (χ1) is 21.8. The molecule has 2 amide bonds. The van der Waals surface area contributed by atoms with Gasteiger partial charge in [0.15, 0.2) is 0 Å². The summed E-state index contributed by atoms with van der Waals surface area (Å²) in [5.41, 5.74) is 3.94. The second kappa shape index (κ2) is 15.0. The van der Waals surface area contributed by atoms with E-state index in [1.807, 2.05) is 92.5 Å². The van der Waals surface area contributed by atoms with Gasteiger partial charge in [0.05, 0.1) is 42.0 Å². The standard InChI is InChI=1S/C35H41N5O5S/c1-24-16-31(22-36-21-24)39(3)23-33(41)32(17-26-12-8-6-9-13-26)38-35(43)29-18-28(19-30(20-29)40(4)46(5,44)45)34(42)37-25(2)27-14-10-7-11-15-27/h6-16,18-22,25,32-33,41H,17,23H2,1-5H3,(H,37,42)(H,38,43). The number of hydrogen-bond donors (Lipinski definition) is 3. The third-order valence-corrected chi connectivity index (χ3v) is 9.00. The predicted molar refractivity (Wildman–Crippen MR) is 182 cm³/mol. The third kappa shape index (κ3) is 9.15. The normalized spacial score (nSPS) is 13.3. The van der Waals surface area contributed by atoms with Gasteiger partial charge in [-0.25, -0.2) is 8.42 Å². The van der Waals surface area contributed by atoms with E-state index in [0.717, 1.165) is 32.9 Å². The molecule has 11 heteroatoms. The number of aliphatic hydroxyl groups excluding tert-OH is 1. The number of carbonyl (C=O) groups excluding carboxylic acids is 2. The van der Waals surface area contributed by atoms with Crippen LogP contribution >= 0.6 is 0 Å².